The first-order valence-electron chi connectivity index (χ1n) is 10.9. The van der Waals surface area contributed by atoms with Crippen LogP contribution in [0.5, 0.6) is 11.5 Å². The van der Waals surface area contributed by atoms with Gasteiger partial charge >= 0.3 is 0 Å². The number of phenols is 2. The molecule has 0 bridgehead atoms. The number of aromatic hydroxyl groups is 2. The average Bonchev–Trinajstić information content (AvgIpc) is 2.73. The van der Waals surface area contributed by atoms with Crippen LogP contribution in [-0.4, -0.2) is 10.2 Å². The average molecular weight is 379 g/mol. The van der Waals surface area contributed by atoms with E-state index in [0.717, 1.165) is 31.2 Å². The topological polar surface area (TPSA) is 40.5 Å². The van der Waals surface area contributed by atoms with Crippen molar-refractivity contribution in [2.45, 2.75) is 71.1 Å². The van der Waals surface area contributed by atoms with Crippen LogP contribution in [0.15, 0.2) is 48.5 Å². The minimum atomic E-state index is 0.330. The van der Waals surface area contributed by atoms with Gasteiger partial charge in [0.05, 0.1) is 0 Å². The molecule has 0 aliphatic heterocycles. The molecule has 1 aliphatic rings. The zero-order valence-electron chi connectivity index (χ0n) is 17.3. The van der Waals surface area contributed by atoms with Crippen molar-refractivity contribution in [3.63, 3.8) is 0 Å². The molecule has 0 saturated carbocycles. The molecule has 2 nitrogen and oxygen atoms in total. The first-order chi connectivity index (χ1) is 13.6. The van der Waals surface area contributed by atoms with Gasteiger partial charge in [-0.25, -0.2) is 0 Å². The van der Waals surface area contributed by atoms with Gasteiger partial charge in [0, 0.05) is 0 Å². The molecule has 3 rings (SSSR count). The van der Waals surface area contributed by atoms with Crippen LogP contribution in [0.25, 0.3) is 5.57 Å². The van der Waals surface area contributed by atoms with Crippen LogP contribution < -0.4 is 0 Å². The molecule has 0 fully saturated rings. The molecule has 0 heterocycles. The Hall–Kier alpha value is -2.22. The predicted molar refractivity (Wildman–Crippen MR) is 118 cm³/mol. The fourth-order valence-electron chi connectivity index (χ4n) is 4.35. The van der Waals surface area contributed by atoms with Crippen LogP contribution in [0.4, 0.5) is 0 Å². The Kier molecular flexibility index (Phi) is 7.19. The third-order valence-electron chi connectivity index (χ3n) is 6.28. The number of phenolic OH excluding ortho intramolecular Hbond substituents is 2. The summed E-state index contributed by atoms with van der Waals surface area (Å²) in [6, 6.07) is 13.8. The third kappa shape index (κ3) is 5.19. The molecule has 28 heavy (non-hydrogen) atoms. The van der Waals surface area contributed by atoms with E-state index in [2.05, 4.69) is 32.1 Å². The normalized spacial score (nSPS) is 17.9. The van der Waals surface area contributed by atoms with E-state index >= 15 is 0 Å². The monoisotopic (exact) mass is 378 g/mol. The van der Waals surface area contributed by atoms with Crippen LogP contribution in [0.1, 0.15) is 81.4 Å². The number of hydrogen-bond donors (Lipinski definition) is 2. The zero-order chi connectivity index (χ0) is 19.9. The van der Waals surface area contributed by atoms with Crippen molar-refractivity contribution >= 4 is 5.57 Å². The van der Waals surface area contributed by atoms with Gasteiger partial charge in [0.2, 0.25) is 0 Å². The highest BCUT2D eigenvalue weighted by Gasteiger charge is 2.18. The lowest BCUT2D eigenvalue weighted by molar-refractivity contribution is 0.426. The molecular weight excluding hydrogens is 344 g/mol. The molecule has 2 heteroatoms. The Morgan fingerprint density at radius 1 is 1.04 bits per heavy atom. The number of hydrogen-bond acceptors (Lipinski definition) is 2. The van der Waals surface area contributed by atoms with Crippen LogP contribution in [0, 0.1) is 5.92 Å². The van der Waals surface area contributed by atoms with E-state index in [0.29, 0.717) is 23.3 Å². The van der Waals surface area contributed by atoms with E-state index < -0.39 is 0 Å². The summed E-state index contributed by atoms with van der Waals surface area (Å²) in [7, 11) is 0. The number of benzene rings is 2. The van der Waals surface area contributed by atoms with Crippen molar-refractivity contribution < 1.29 is 10.2 Å². The SMILES string of the molecule is CCCCC(CC)Cc1cc(C2=CCC(c3ccc(O)cc3)CC2)ccc1O. The minimum Gasteiger partial charge on any atom is -0.508 e. The maximum Gasteiger partial charge on any atom is 0.118 e. The highest BCUT2D eigenvalue weighted by atomic mass is 16.3. The van der Waals surface area contributed by atoms with Crippen LogP contribution in [0.2, 0.25) is 0 Å². The number of allylic oxidation sites excluding steroid dienone is 2. The summed E-state index contributed by atoms with van der Waals surface area (Å²) < 4.78 is 0. The summed E-state index contributed by atoms with van der Waals surface area (Å²) in [5.74, 6) is 1.95. The van der Waals surface area contributed by atoms with Crippen molar-refractivity contribution in [2.24, 2.45) is 5.92 Å². The standard InChI is InChI=1S/C26H34O2/c1-3-5-6-19(4-2)17-24-18-23(13-16-26(24)28)22-9-7-20(8-10-22)21-11-14-25(27)15-12-21/h9,11-16,18-20,27-28H,3-8,10,17H2,1-2H3. The maximum absolute atomic E-state index is 10.4. The summed E-state index contributed by atoms with van der Waals surface area (Å²) in [5.41, 5.74) is 5.07. The maximum atomic E-state index is 10.4. The van der Waals surface area contributed by atoms with Crippen molar-refractivity contribution in [3.8, 4) is 11.5 Å². The van der Waals surface area contributed by atoms with Crippen molar-refractivity contribution in [1.82, 2.24) is 0 Å². The highest BCUT2D eigenvalue weighted by molar-refractivity contribution is 5.68. The smallest absolute Gasteiger partial charge is 0.118 e. The van der Waals surface area contributed by atoms with Gasteiger partial charge in [-0.15, -0.1) is 0 Å². The molecule has 0 aromatic heterocycles. The van der Waals surface area contributed by atoms with E-state index in [1.54, 1.807) is 12.1 Å². The molecular formula is C26H34O2. The third-order valence-corrected chi connectivity index (χ3v) is 6.28. The van der Waals surface area contributed by atoms with E-state index in [9.17, 15) is 10.2 Å². The lowest BCUT2D eigenvalue weighted by Crippen LogP contribution is -2.06. The Morgan fingerprint density at radius 3 is 2.46 bits per heavy atom. The van der Waals surface area contributed by atoms with Gasteiger partial charge in [-0.3, -0.25) is 0 Å². The van der Waals surface area contributed by atoms with Crippen molar-refractivity contribution in [1.29, 1.82) is 0 Å². The molecule has 2 aromatic rings. The molecule has 2 atom stereocenters. The van der Waals surface area contributed by atoms with Crippen LogP contribution in [0.3, 0.4) is 0 Å². The lowest BCUT2D eigenvalue weighted by atomic mass is 9.82. The Morgan fingerprint density at radius 2 is 1.82 bits per heavy atom. The summed E-state index contributed by atoms with van der Waals surface area (Å²) in [5, 5.41) is 19.9. The summed E-state index contributed by atoms with van der Waals surface area (Å²) in [4.78, 5) is 0. The van der Waals surface area contributed by atoms with Gasteiger partial charge in [-0.05, 0) is 84.0 Å². The fourth-order valence-corrected chi connectivity index (χ4v) is 4.35. The van der Waals surface area contributed by atoms with Crippen LogP contribution in [-0.2, 0) is 6.42 Å². The Bertz CT molecular complexity index is 789. The van der Waals surface area contributed by atoms with Gasteiger partial charge < -0.3 is 10.2 Å². The van der Waals surface area contributed by atoms with E-state index in [1.807, 2.05) is 18.2 Å². The van der Waals surface area contributed by atoms with E-state index in [1.165, 1.54) is 42.4 Å². The fraction of sp³-hybridized carbons (Fsp3) is 0.462. The highest BCUT2D eigenvalue weighted by Crippen LogP contribution is 2.37. The number of rotatable bonds is 8. The van der Waals surface area contributed by atoms with Gasteiger partial charge in [-0.2, -0.15) is 0 Å². The predicted octanol–water partition coefficient (Wildman–Crippen LogP) is 7.21. The molecule has 1 aliphatic carbocycles. The molecule has 0 amide bonds. The molecule has 150 valence electrons. The molecule has 0 radical (unpaired) electrons. The summed E-state index contributed by atoms with van der Waals surface area (Å²) >= 11 is 0. The second kappa shape index (κ2) is 9.82. The molecule has 0 saturated heterocycles. The van der Waals surface area contributed by atoms with Crippen LogP contribution >= 0.6 is 0 Å². The number of unbranched alkanes of at least 4 members (excludes halogenated alkanes) is 1. The quantitative estimate of drug-likeness (QED) is 0.509. The van der Waals surface area contributed by atoms with E-state index in [-0.39, 0.29) is 0 Å². The summed E-state index contributed by atoms with van der Waals surface area (Å²) in [6.07, 6.45) is 11.5. The first kappa shape index (κ1) is 20.5. The molecule has 0 spiro atoms. The minimum absolute atomic E-state index is 0.330. The largest absolute Gasteiger partial charge is 0.508 e. The Labute approximate surface area is 169 Å². The van der Waals surface area contributed by atoms with Gasteiger partial charge in [-0.1, -0.05) is 63.8 Å². The Balaban J connectivity index is 1.71. The van der Waals surface area contributed by atoms with Gasteiger partial charge in [0.15, 0.2) is 0 Å². The second-order valence-electron chi connectivity index (χ2n) is 8.26. The summed E-state index contributed by atoms with van der Waals surface area (Å²) in [6.45, 7) is 4.50. The van der Waals surface area contributed by atoms with E-state index in [4.69, 9.17) is 0 Å². The molecule has 2 aromatic carbocycles. The zero-order valence-corrected chi connectivity index (χ0v) is 17.3. The van der Waals surface area contributed by atoms with Crippen molar-refractivity contribution in [3.05, 3.63) is 65.2 Å². The van der Waals surface area contributed by atoms with Gasteiger partial charge in [0.25, 0.3) is 0 Å². The lowest BCUT2D eigenvalue weighted by Gasteiger charge is -2.23. The van der Waals surface area contributed by atoms with Gasteiger partial charge in [0.1, 0.15) is 11.5 Å². The molecule has 2 unspecified atom stereocenters. The van der Waals surface area contributed by atoms with Crippen molar-refractivity contribution in [2.75, 3.05) is 0 Å². The second-order valence-corrected chi connectivity index (χ2v) is 8.26. The molecule has 2 N–H and O–H groups in total. The first-order valence-corrected chi connectivity index (χ1v) is 10.9.